The van der Waals surface area contributed by atoms with Gasteiger partial charge in [0.15, 0.2) is 0 Å². The number of aryl methyl sites for hydroxylation is 1. The van der Waals surface area contributed by atoms with Crippen LogP contribution in [0.15, 0.2) is 12.3 Å². The lowest BCUT2D eigenvalue weighted by Crippen LogP contribution is -2.44. The smallest absolute Gasteiger partial charge is 0.242 e. The summed E-state index contributed by atoms with van der Waals surface area (Å²) >= 11 is 0. The summed E-state index contributed by atoms with van der Waals surface area (Å²) in [4.78, 5) is 15.7. The molecule has 0 spiro atoms. The monoisotopic (exact) mass is 220 g/mol. The van der Waals surface area contributed by atoms with Crippen molar-refractivity contribution in [3.63, 3.8) is 0 Å². The van der Waals surface area contributed by atoms with Gasteiger partial charge in [0.1, 0.15) is 11.9 Å². The third-order valence-corrected chi connectivity index (χ3v) is 2.75. The fourth-order valence-electron chi connectivity index (χ4n) is 1.71. The minimum Gasteiger partial charge on any atom is -0.398 e. The van der Waals surface area contributed by atoms with Gasteiger partial charge in [-0.25, -0.2) is 4.98 Å². The summed E-state index contributed by atoms with van der Waals surface area (Å²) < 4.78 is 0. The minimum atomic E-state index is -0.191. The third kappa shape index (κ3) is 2.24. The third-order valence-electron chi connectivity index (χ3n) is 2.75. The number of carbonyl (C=O) groups is 1. The number of hydrogen-bond donors (Lipinski definition) is 3. The van der Waals surface area contributed by atoms with Gasteiger partial charge in [-0.05, 0) is 25.3 Å². The molecule has 86 valence electrons. The number of nitrogens with zero attached hydrogens (tertiary/aromatic N) is 1. The summed E-state index contributed by atoms with van der Waals surface area (Å²) in [5.41, 5.74) is 7.41. The number of hydrogen-bond acceptors (Lipinski definition) is 4. The molecule has 0 bridgehead atoms. The van der Waals surface area contributed by atoms with Crippen LogP contribution in [0.3, 0.4) is 0 Å². The van der Waals surface area contributed by atoms with Crippen molar-refractivity contribution in [3.05, 3.63) is 17.8 Å². The van der Waals surface area contributed by atoms with Crippen LogP contribution in [-0.2, 0) is 4.79 Å². The van der Waals surface area contributed by atoms with Crippen molar-refractivity contribution in [3.8, 4) is 0 Å². The van der Waals surface area contributed by atoms with Crippen LogP contribution in [0, 0.1) is 6.92 Å². The molecule has 5 heteroatoms. The van der Waals surface area contributed by atoms with Crippen molar-refractivity contribution in [1.82, 2.24) is 10.3 Å². The van der Waals surface area contributed by atoms with E-state index in [1.807, 2.05) is 6.92 Å². The van der Waals surface area contributed by atoms with Gasteiger partial charge >= 0.3 is 0 Å². The van der Waals surface area contributed by atoms with E-state index in [2.05, 4.69) is 15.6 Å². The first kappa shape index (κ1) is 10.7. The average molecular weight is 220 g/mol. The molecule has 1 aliphatic rings. The Kier molecular flexibility index (Phi) is 2.94. The first-order valence-corrected chi connectivity index (χ1v) is 5.43. The lowest BCUT2D eigenvalue weighted by atomic mass is 10.1. The lowest BCUT2D eigenvalue weighted by molar-refractivity contribution is -0.123. The molecule has 4 N–H and O–H groups in total. The Morgan fingerprint density at radius 1 is 1.62 bits per heavy atom. The number of anilines is 2. The fraction of sp³-hybridized carbons (Fsp3) is 0.455. The van der Waals surface area contributed by atoms with E-state index in [1.165, 1.54) is 0 Å². The number of nitrogen functional groups attached to an aromatic ring is 1. The van der Waals surface area contributed by atoms with Crippen LogP contribution in [0.4, 0.5) is 11.5 Å². The van der Waals surface area contributed by atoms with E-state index < -0.39 is 0 Å². The van der Waals surface area contributed by atoms with Crippen molar-refractivity contribution in [2.75, 3.05) is 17.6 Å². The summed E-state index contributed by atoms with van der Waals surface area (Å²) in [6.07, 6.45) is 3.53. The highest BCUT2D eigenvalue weighted by atomic mass is 16.2. The molecule has 1 atom stereocenters. The van der Waals surface area contributed by atoms with E-state index in [0.717, 1.165) is 24.9 Å². The molecule has 1 aromatic rings. The Labute approximate surface area is 94.4 Å². The van der Waals surface area contributed by atoms with E-state index in [4.69, 9.17) is 5.73 Å². The molecule has 0 aromatic carbocycles. The van der Waals surface area contributed by atoms with Crippen LogP contribution in [0.1, 0.15) is 18.4 Å². The Balaban J connectivity index is 2.08. The highest BCUT2D eigenvalue weighted by molar-refractivity contribution is 5.85. The minimum absolute atomic E-state index is 0.0344. The van der Waals surface area contributed by atoms with Crippen LogP contribution in [0.5, 0.6) is 0 Å². The molecule has 2 rings (SSSR count). The van der Waals surface area contributed by atoms with Gasteiger partial charge < -0.3 is 16.4 Å². The maximum absolute atomic E-state index is 11.5. The molecule has 1 unspecified atom stereocenters. The number of rotatable bonds is 2. The second kappa shape index (κ2) is 4.38. The Bertz CT molecular complexity index is 405. The quantitative estimate of drug-likeness (QED) is 0.684. The normalized spacial score (nSPS) is 20.3. The van der Waals surface area contributed by atoms with Gasteiger partial charge in [-0.15, -0.1) is 0 Å². The molecule has 16 heavy (non-hydrogen) atoms. The Morgan fingerprint density at radius 3 is 3.12 bits per heavy atom. The van der Waals surface area contributed by atoms with Crippen molar-refractivity contribution in [1.29, 1.82) is 0 Å². The molecule has 1 fully saturated rings. The number of nitrogens with two attached hydrogens (primary N) is 1. The zero-order valence-corrected chi connectivity index (χ0v) is 9.29. The van der Waals surface area contributed by atoms with E-state index >= 15 is 0 Å². The van der Waals surface area contributed by atoms with Crippen LogP contribution < -0.4 is 16.4 Å². The second-order valence-corrected chi connectivity index (χ2v) is 4.06. The summed E-state index contributed by atoms with van der Waals surface area (Å²) in [6.45, 7) is 2.67. The van der Waals surface area contributed by atoms with Crippen molar-refractivity contribution >= 4 is 17.4 Å². The van der Waals surface area contributed by atoms with Crippen molar-refractivity contribution < 1.29 is 4.79 Å². The van der Waals surface area contributed by atoms with Crippen LogP contribution in [0.25, 0.3) is 0 Å². The maximum atomic E-state index is 11.5. The summed E-state index contributed by atoms with van der Waals surface area (Å²) in [7, 11) is 0. The van der Waals surface area contributed by atoms with Crippen molar-refractivity contribution in [2.45, 2.75) is 25.8 Å². The van der Waals surface area contributed by atoms with Gasteiger partial charge in [-0.1, -0.05) is 0 Å². The average Bonchev–Trinajstić information content (AvgIpc) is 2.27. The number of nitrogens with one attached hydrogen (secondary N) is 2. The summed E-state index contributed by atoms with van der Waals surface area (Å²) in [6, 6.07) is 1.57. The largest absolute Gasteiger partial charge is 0.398 e. The molecule has 1 amide bonds. The summed E-state index contributed by atoms with van der Waals surface area (Å²) in [5.74, 6) is 0.692. The predicted octanol–water partition coefficient (Wildman–Crippen LogP) is 0.663. The SMILES string of the molecule is Cc1cnc(NC2CCCNC2=O)cc1N. The number of carbonyl (C=O) groups excluding carboxylic acids is 1. The Morgan fingerprint density at radius 2 is 2.44 bits per heavy atom. The molecule has 0 saturated carbocycles. The first-order valence-electron chi connectivity index (χ1n) is 5.43. The molecular weight excluding hydrogens is 204 g/mol. The van der Waals surface area contributed by atoms with E-state index in [9.17, 15) is 4.79 Å². The number of piperidine rings is 1. The van der Waals surface area contributed by atoms with Crippen LogP contribution >= 0.6 is 0 Å². The van der Waals surface area contributed by atoms with Crippen molar-refractivity contribution in [2.24, 2.45) is 0 Å². The molecular formula is C11H16N4O. The summed E-state index contributed by atoms with van der Waals surface area (Å²) in [5, 5.41) is 5.91. The van der Waals surface area contributed by atoms with Gasteiger partial charge in [0.05, 0.1) is 0 Å². The van der Waals surface area contributed by atoms with Gasteiger partial charge in [-0.3, -0.25) is 4.79 Å². The van der Waals surface area contributed by atoms with Gasteiger partial charge in [0, 0.05) is 24.5 Å². The number of aromatic nitrogens is 1. The molecule has 1 aliphatic heterocycles. The fourth-order valence-corrected chi connectivity index (χ4v) is 1.71. The van der Waals surface area contributed by atoms with Crippen LogP contribution in [0.2, 0.25) is 0 Å². The molecule has 0 radical (unpaired) electrons. The van der Waals surface area contributed by atoms with E-state index in [1.54, 1.807) is 12.3 Å². The molecule has 0 aliphatic carbocycles. The van der Waals surface area contributed by atoms with Crippen LogP contribution in [-0.4, -0.2) is 23.5 Å². The second-order valence-electron chi connectivity index (χ2n) is 4.06. The van der Waals surface area contributed by atoms with Gasteiger partial charge in [0.25, 0.3) is 0 Å². The molecule has 5 nitrogen and oxygen atoms in total. The van der Waals surface area contributed by atoms with Gasteiger partial charge in [0.2, 0.25) is 5.91 Å². The Hall–Kier alpha value is -1.78. The topological polar surface area (TPSA) is 80.0 Å². The predicted molar refractivity (Wildman–Crippen MR) is 63.0 cm³/mol. The first-order chi connectivity index (χ1) is 7.66. The van der Waals surface area contributed by atoms with E-state index in [-0.39, 0.29) is 11.9 Å². The molecule has 1 saturated heterocycles. The zero-order valence-electron chi connectivity index (χ0n) is 9.29. The maximum Gasteiger partial charge on any atom is 0.242 e. The zero-order chi connectivity index (χ0) is 11.5. The molecule has 1 aromatic heterocycles. The number of amides is 1. The molecule has 2 heterocycles. The van der Waals surface area contributed by atoms with E-state index in [0.29, 0.717) is 11.5 Å². The highest BCUT2D eigenvalue weighted by Crippen LogP contribution is 2.16. The highest BCUT2D eigenvalue weighted by Gasteiger charge is 2.21. The standard InChI is InChI=1S/C11H16N4O/c1-7-6-14-10(5-8(7)12)15-9-3-2-4-13-11(9)16/h5-6,9H,2-4H2,1H3,(H,13,16)(H3,12,14,15). The number of pyridine rings is 1. The lowest BCUT2D eigenvalue weighted by Gasteiger charge is -2.23. The van der Waals surface area contributed by atoms with Gasteiger partial charge in [-0.2, -0.15) is 0 Å².